The lowest BCUT2D eigenvalue weighted by Gasteiger charge is -2.10. The maximum absolute atomic E-state index is 11.4. The third-order valence-electron chi connectivity index (χ3n) is 4.06. The number of ether oxygens (including phenoxy) is 1. The molecule has 9 heteroatoms. The maximum atomic E-state index is 11.4. The van der Waals surface area contributed by atoms with E-state index in [9.17, 15) is 4.79 Å². The van der Waals surface area contributed by atoms with Crippen LogP contribution < -0.4 is 16.8 Å². The van der Waals surface area contributed by atoms with Crippen molar-refractivity contribution in [3.05, 3.63) is 58.6 Å². The van der Waals surface area contributed by atoms with Gasteiger partial charge in [0.25, 0.3) is 0 Å². The summed E-state index contributed by atoms with van der Waals surface area (Å²) < 4.78 is 5.10. The van der Waals surface area contributed by atoms with Crippen molar-refractivity contribution < 1.29 is 9.53 Å². The fraction of sp³-hybridized carbons (Fsp3) is 0.200. The summed E-state index contributed by atoms with van der Waals surface area (Å²) >= 11 is 6.10. The number of benzene rings is 2. The van der Waals surface area contributed by atoms with Crippen molar-refractivity contribution in [2.75, 3.05) is 11.1 Å². The highest BCUT2D eigenvalue weighted by atomic mass is 35.5. The molecule has 0 fully saturated rings. The van der Waals surface area contributed by atoms with E-state index in [2.05, 4.69) is 20.3 Å². The number of nitrogens with two attached hydrogens (primary N) is 2. The molecule has 2 aromatic carbocycles. The molecule has 8 nitrogen and oxygen atoms in total. The number of carbonyl (C=O) groups is 1. The number of carbonyl (C=O) groups excluding carboxylic acids is 1. The van der Waals surface area contributed by atoms with Gasteiger partial charge in [0, 0.05) is 16.3 Å². The van der Waals surface area contributed by atoms with E-state index in [1.54, 1.807) is 19.1 Å². The summed E-state index contributed by atoms with van der Waals surface area (Å²) in [6, 6.07) is 12.1. The van der Waals surface area contributed by atoms with Crippen LogP contribution in [0.15, 0.2) is 42.5 Å². The average Bonchev–Trinajstić information content (AvgIpc) is 2.68. The van der Waals surface area contributed by atoms with Crippen LogP contribution in [0.1, 0.15) is 18.1 Å². The molecule has 5 N–H and O–H groups in total. The van der Waals surface area contributed by atoms with E-state index in [-0.39, 0.29) is 12.6 Å². The molecule has 1 heterocycles. The predicted molar refractivity (Wildman–Crippen MR) is 113 cm³/mol. The Morgan fingerprint density at radius 3 is 2.59 bits per heavy atom. The van der Waals surface area contributed by atoms with Gasteiger partial charge < -0.3 is 21.5 Å². The highest BCUT2D eigenvalue weighted by molar-refractivity contribution is 6.30. The fourth-order valence-electron chi connectivity index (χ4n) is 2.50. The Morgan fingerprint density at radius 1 is 1.17 bits per heavy atom. The Bertz CT molecular complexity index is 1020. The van der Waals surface area contributed by atoms with Gasteiger partial charge in [0.1, 0.15) is 12.6 Å². The first-order chi connectivity index (χ1) is 13.8. The van der Waals surface area contributed by atoms with Gasteiger partial charge in [-0.05, 0) is 49.2 Å². The van der Waals surface area contributed by atoms with Crippen LogP contribution in [0, 0.1) is 6.92 Å². The van der Waals surface area contributed by atoms with Crippen LogP contribution in [0.25, 0.3) is 11.4 Å². The standard InChI is InChI=1S/C20H21ClN6O2/c1-11-3-6-14(21)9-16(11)17-25-19(23)27-20(26-17)24-15-7-4-13(5-8-15)10-29-18(28)12(2)22/h3-9,12H,10,22H2,1-2H3,(H3,23,24,25,26,27). The summed E-state index contributed by atoms with van der Waals surface area (Å²) in [5.74, 6) is 0.385. The summed E-state index contributed by atoms with van der Waals surface area (Å²) in [6.45, 7) is 3.67. The summed E-state index contributed by atoms with van der Waals surface area (Å²) in [5, 5.41) is 3.68. The molecule has 0 radical (unpaired) electrons. The topological polar surface area (TPSA) is 129 Å². The van der Waals surface area contributed by atoms with E-state index >= 15 is 0 Å². The average molecular weight is 413 g/mol. The second kappa shape index (κ2) is 8.85. The van der Waals surface area contributed by atoms with Crippen LogP contribution in [0.5, 0.6) is 0 Å². The number of halogens is 1. The second-order valence-corrected chi connectivity index (χ2v) is 6.95. The van der Waals surface area contributed by atoms with E-state index in [1.807, 2.05) is 37.3 Å². The number of aromatic nitrogens is 3. The highest BCUT2D eigenvalue weighted by Gasteiger charge is 2.11. The summed E-state index contributed by atoms with van der Waals surface area (Å²) in [7, 11) is 0. The molecule has 0 saturated heterocycles. The fourth-order valence-corrected chi connectivity index (χ4v) is 2.68. The molecule has 3 aromatic rings. The van der Waals surface area contributed by atoms with Gasteiger partial charge in [-0.1, -0.05) is 29.8 Å². The molecule has 29 heavy (non-hydrogen) atoms. The first kappa shape index (κ1) is 20.5. The highest BCUT2D eigenvalue weighted by Crippen LogP contribution is 2.25. The quantitative estimate of drug-likeness (QED) is 0.526. The first-order valence-corrected chi connectivity index (χ1v) is 9.26. The van der Waals surface area contributed by atoms with Crippen molar-refractivity contribution in [1.29, 1.82) is 0 Å². The van der Waals surface area contributed by atoms with E-state index in [0.717, 1.165) is 22.4 Å². The summed E-state index contributed by atoms with van der Waals surface area (Å²) in [6.07, 6.45) is 0. The summed E-state index contributed by atoms with van der Waals surface area (Å²) in [4.78, 5) is 24.2. The van der Waals surface area contributed by atoms with Gasteiger partial charge in [0.2, 0.25) is 11.9 Å². The lowest BCUT2D eigenvalue weighted by Crippen LogP contribution is -2.28. The minimum atomic E-state index is -0.650. The number of nitrogens with zero attached hydrogens (tertiary/aromatic N) is 3. The third-order valence-corrected chi connectivity index (χ3v) is 4.29. The number of aryl methyl sites for hydroxylation is 1. The molecule has 0 amide bonds. The van der Waals surface area contributed by atoms with Crippen LogP contribution in [0.4, 0.5) is 17.6 Å². The van der Waals surface area contributed by atoms with Crippen LogP contribution in [-0.4, -0.2) is 27.0 Å². The third kappa shape index (κ3) is 5.40. The van der Waals surface area contributed by atoms with E-state index in [1.165, 1.54) is 0 Å². The molecule has 0 aliphatic carbocycles. The summed E-state index contributed by atoms with van der Waals surface area (Å²) in [5.41, 5.74) is 14.7. The molecule has 150 valence electrons. The number of esters is 1. The molecule has 0 bridgehead atoms. The SMILES string of the molecule is Cc1ccc(Cl)cc1-c1nc(N)nc(Nc2ccc(COC(=O)C(C)N)cc2)n1. The van der Waals surface area contributed by atoms with Crippen molar-refractivity contribution in [1.82, 2.24) is 15.0 Å². The Hall–Kier alpha value is -3.23. The lowest BCUT2D eigenvalue weighted by atomic mass is 10.1. The van der Waals surface area contributed by atoms with Gasteiger partial charge in [-0.2, -0.15) is 15.0 Å². The van der Waals surface area contributed by atoms with Crippen LogP contribution in [0.2, 0.25) is 5.02 Å². The molecule has 1 atom stereocenters. The zero-order valence-corrected chi connectivity index (χ0v) is 16.8. The molecule has 1 aromatic heterocycles. The molecular formula is C20H21ClN6O2. The van der Waals surface area contributed by atoms with Crippen molar-refractivity contribution >= 4 is 35.2 Å². The van der Waals surface area contributed by atoms with Crippen LogP contribution in [-0.2, 0) is 16.1 Å². The molecule has 0 saturated carbocycles. The van der Waals surface area contributed by atoms with Gasteiger partial charge in [-0.15, -0.1) is 0 Å². The van der Waals surface area contributed by atoms with E-state index in [4.69, 9.17) is 27.8 Å². The second-order valence-electron chi connectivity index (χ2n) is 6.52. The van der Waals surface area contributed by atoms with Crippen molar-refractivity contribution in [2.45, 2.75) is 26.5 Å². The Labute approximate surface area is 173 Å². The molecule has 0 aliphatic rings. The smallest absolute Gasteiger partial charge is 0.322 e. The zero-order chi connectivity index (χ0) is 21.0. The van der Waals surface area contributed by atoms with Crippen LogP contribution in [0.3, 0.4) is 0 Å². The molecule has 1 unspecified atom stereocenters. The zero-order valence-electron chi connectivity index (χ0n) is 16.0. The number of nitrogen functional groups attached to an aromatic ring is 1. The Kier molecular flexibility index (Phi) is 6.26. The number of hydrogen-bond donors (Lipinski definition) is 3. The van der Waals surface area contributed by atoms with Gasteiger partial charge in [-0.3, -0.25) is 4.79 Å². The van der Waals surface area contributed by atoms with Gasteiger partial charge in [0.15, 0.2) is 5.82 Å². The Balaban J connectivity index is 1.76. The molecular weight excluding hydrogens is 392 g/mol. The number of anilines is 3. The van der Waals surface area contributed by atoms with E-state index < -0.39 is 12.0 Å². The maximum Gasteiger partial charge on any atom is 0.322 e. The van der Waals surface area contributed by atoms with E-state index in [0.29, 0.717) is 16.8 Å². The normalized spacial score (nSPS) is 11.7. The lowest BCUT2D eigenvalue weighted by molar-refractivity contribution is -0.146. The van der Waals surface area contributed by atoms with Crippen molar-refractivity contribution in [3.63, 3.8) is 0 Å². The number of rotatable bonds is 6. The van der Waals surface area contributed by atoms with Gasteiger partial charge in [0.05, 0.1) is 0 Å². The molecule has 0 aliphatic heterocycles. The molecule has 0 spiro atoms. The van der Waals surface area contributed by atoms with Gasteiger partial charge in [-0.25, -0.2) is 0 Å². The Morgan fingerprint density at radius 2 is 1.90 bits per heavy atom. The minimum absolute atomic E-state index is 0.0938. The largest absolute Gasteiger partial charge is 0.460 e. The number of hydrogen-bond acceptors (Lipinski definition) is 8. The van der Waals surface area contributed by atoms with Crippen molar-refractivity contribution in [3.8, 4) is 11.4 Å². The minimum Gasteiger partial charge on any atom is -0.460 e. The van der Waals surface area contributed by atoms with Crippen LogP contribution >= 0.6 is 11.6 Å². The van der Waals surface area contributed by atoms with Gasteiger partial charge >= 0.3 is 5.97 Å². The van der Waals surface area contributed by atoms with Crippen molar-refractivity contribution in [2.24, 2.45) is 5.73 Å². The monoisotopic (exact) mass is 412 g/mol. The predicted octanol–water partition coefficient (Wildman–Crippen LogP) is 3.22. The first-order valence-electron chi connectivity index (χ1n) is 8.88. The number of nitrogens with one attached hydrogen (secondary N) is 1. The molecule has 3 rings (SSSR count).